The molecule has 0 aromatic heterocycles. The molecule has 2 heteroatoms. The Labute approximate surface area is 92.5 Å². The standard InChI is InChI=1S/C13H21NO/c1-4-13(15,10-11-14(2)3)12-8-6-5-7-9-12/h5-9,15H,4,10-11H2,1-3H3/t13-/m0/s1. The Balaban J connectivity index is 2.76. The van der Waals surface area contributed by atoms with Crippen LogP contribution in [-0.4, -0.2) is 30.6 Å². The molecule has 1 aromatic rings. The van der Waals surface area contributed by atoms with E-state index in [0.717, 1.165) is 24.9 Å². The lowest BCUT2D eigenvalue weighted by Crippen LogP contribution is -2.29. The van der Waals surface area contributed by atoms with Gasteiger partial charge in [0.2, 0.25) is 0 Å². The summed E-state index contributed by atoms with van der Waals surface area (Å²) in [5.41, 5.74) is 0.347. The molecule has 84 valence electrons. The first-order valence-electron chi connectivity index (χ1n) is 5.51. The molecule has 0 aliphatic rings. The smallest absolute Gasteiger partial charge is 0.0906 e. The predicted octanol–water partition coefficient (Wildman–Crippen LogP) is 2.24. The van der Waals surface area contributed by atoms with Crippen LogP contribution in [0.15, 0.2) is 30.3 Å². The van der Waals surface area contributed by atoms with E-state index in [-0.39, 0.29) is 0 Å². The van der Waals surface area contributed by atoms with E-state index < -0.39 is 5.60 Å². The monoisotopic (exact) mass is 207 g/mol. The average Bonchev–Trinajstić information content (AvgIpc) is 2.27. The largest absolute Gasteiger partial charge is 0.385 e. The molecule has 0 saturated carbocycles. The van der Waals surface area contributed by atoms with Gasteiger partial charge in [-0.05, 0) is 32.5 Å². The minimum atomic E-state index is -0.675. The Morgan fingerprint density at radius 1 is 1.20 bits per heavy atom. The van der Waals surface area contributed by atoms with Crippen molar-refractivity contribution < 1.29 is 5.11 Å². The van der Waals surface area contributed by atoms with Crippen LogP contribution in [0.3, 0.4) is 0 Å². The van der Waals surface area contributed by atoms with Gasteiger partial charge in [-0.1, -0.05) is 37.3 Å². The minimum absolute atomic E-state index is 0.675. The topological polar surface area (TPSA) is 23.5 Å². The molecule has 0 heterocycles. The van der Waals surface area contributed by atoms with Crippen LogP contribution in [0.1, 0.15) is 25.3 Å². The molecule has 0 spiro atoms. The van der Waals surface area contributed by atoms with Gasteiger partial charge in [-0.25, -0.2) is 0 Å². The van der Waals surface area contributed by atoms with Crippen molar-refractivity contribution in [1.82, 2.24) is 4.90 Å². The van der Waals surface area contributed by atoms with Crippen LogP contribution in [-0.2, 0) is 5.60 Å². The van der Waals surface area contributed by atoms with Gasteiger partial charge in [0.25, 0.3) is 0 Å². The van der Waals surface area contributed by atoms with Crippen LogP contribution < -0.4 is 0 Å². The van der Waals surface area contributed by atoms with Crippen molar-refractivity contribution in [2.45, 2.75) is 25.4 Å². The highest BCUT2D eigenvalue weighted by atomic mass is 16.3. The third kappa shape index (κ3) is 3.33. The maximum Gasteiger partial charge on any atom is 0.0906 e. The number of hydrogen-bond donors (Lipinski definition) is 1. The fourth-order valence-corrected chi connectivity index (χ4v) is 1.68. The van der Waals surface area contributed by atoms with E-state index >= 15 is 0 Å². The lowest BCUT2D eigenvalue weighted by atomic mass is 9.88. The number of rotatable bonds is 5. The van der Waals surface area contributed by atoms with E-state index in [4.69, 9.17) is 0 Å². The van der Waals surface area contributed by atoms with Gasteiger partial charge in [0.15, 0.2) is 0 Å². The van der Waals surface area contributed by atoms with Gasteiger partial charge in [-0.3, -0.25) is 0 Å². The molecule has 0 saturated heterocycles. The van der Waals surface area contributed by atoms with Gasteiger partial charge in [-0.2, -0.15) is 0 Å². The fourth-order valence-electron chi connectivity index (χ4n) is 1.68. The van der Waals surface area contributed by atoms with E-state index in [1.165, 1.54) is 0 Å². The minimum Gasteiger partial charge on any atom is -0.385 e. The molecule has 0 fully saturated rings. The van der Waals surface area contributed by atoms with Gasteiger partial charge in [0, 0.05) is 6.54 Å². The molecule has 1 aromatic carbocycles. The van der Waals surface area contributed by atoms with Crippen molar-refractivity contribution in [3.8, 4) is 0 Å². The molecule has 0 amide bonds. The molecular formula is C13H21NO. The molecule has 0 aliphatic heterocycles. The Morgan fingerprint density at radius 2 is 1.80 bits per heavy atom. The third-order valence-corrected chi connectivity index (χ3v) is 2.87. The van der Waals surface area contributed by atoms with E-state index in [2.05, 4.69) is 4.90 Å². The van der Waals surface area contributed by atoms with Gasteiger partial charge in [0.1, 0.15) is 0 Å². The average molecular weight is 207 g/mol. The molecule has 0 unspecified atom stereocenters. The predicted molar refractivity (Wildman–Crippen MR) is 63.8 cm³/mol. The van der Waals surface area contributed by atoms with Crippen LogP contribution in [0.2, 0.25) is 0 Å². The van der Waals surface area contributed by atoms with Crippen LogP contribution in [0.4, 0.5) is 0 Å². The number of aliphatic hydroxyl groups is 1. The Kier molecular flexibility index (Phi) is 4.30. The first-order chi connectivity index (χ1) is 7.08. The molecule has 2 nitrogen and oxygen atoms in total. The van der Waals surface area contributed by atoms with Crippen molar-refractivity contribution in [3.05, 3.63) is 35.9 Å². The van der Waals surface area contributed by atoms with Gasteiger partial charge in [-0.15, -0.1) is 0 Å². The number of hydrogen-bond acceptors (Lipinski definition) is 2. The summed E-state index contributed by atoms with van der Waals surface area (Å²) < 4.78 is 0. The summed E-state index contributed by atoms with van der Waals surface area (Å²) in [6, 6.07) is 9.93. The van der Waals surface area contributed by atoms with Crippen molar-refractivity contribution in [1.29, 1.82) is 0 Å². The summed E-state index contributed by atoms with van der Waals surface area (Å²) >= 11 is 0. The lowest BCUT2D eigenvalue weighted by molar-refractivity contribution is 0.0171. The van der Waals surface area contributed by atoms with Gasteiger partial charge >= 0.3 is 0 Å². The van der Waals surface area contributed by atoms with Crippen molar-refractivity contribution in [2.24, 2.45) is 0 Å². The molecule has 15 heavy (non-hydrogen) atoms. The Morgan fingerprint density at radius 3 is 2.27 bits per heavy atom. The van der Waals surface area contributed by atoms with E-state index in [1.807, 2.05) is 51.4 Å². The van der Waals surface area contributed by atoms with E-state index in [9.17, 15) is 5.11 Å². The first kappa shape index (κ1) is 12.2. The lowest BCUT2D eigenvalue weighted by Gasteiger charge is -2.28. The molecule has 1 atom stereocenters. The molecular weight excluding hydrogens is 186 g/mol. The second-order valence-corrected chi connectivity index (χ2v) is 4.30. The Bertz CT molecular complexity index is 284. The highest BCUT2D eigenvalue weighted by molar-refractivity contribution is 5.22. The summed E-state index contributed by atoms with van der Waals surface area (Å²) in [5, 5.41) is 10.5. The summed E-state index contributed by atoms with van der Waals surface area (Å²) in [7, 11) is 4.06. The quantitative estimate of drug-likeness (QED) is 0.800. The Hall–Kier alpha value is -0.860. The SMILES string of the molecule is CC[C@](O)(CCN(C)C)c1ccccc1. The van der Waals surface area contributed by atoms with Crippen LogP contribution in [0.5, 0.6) is 0 Å². The highest BCUT2D eigenvalue weighted by Gasteiger charge is 2.26. The molecule has 0 aliphatic carbocycles. The van der Waals surface area contributed by atoms with Crippen LogP contribution >= 0.6 is 0 Å². The zero-order valence-corrected chi connectivity index (χ0v) is 9.90. The van der Waals surface area contributed by atoms with E-state index in [0.29, 0.717) is 0 Å². The maximum absolute atomic E-state index is 10.5. The van der Waals surface area contributed by atoms with Gasteiger partial charge in [0.05, 0.1) is 5.60 Å². The second-order valence-electron chi connectivity index (χ2n) is 4.30. The van der Waals surface area contributed by atoms with E-state index in [1.54, 1.807) is 0 Å². The summed E-state index contributed by atoms with van der Waals surface area (Å²) in [6.45, 7) is 2.93. The van der Waals surface area contributed by atoms with Crippen LogP contribution in [0, 0.1) is 0 Å². The molecule has 1 N–H and O–H groups in total. The maximum atomic E-state index is 10.5. The normalized spacial score (nSPS) is 15.3. The molecule has 0 radical (unpaired) electrons. The second kappa shape index (κ2) is 5.29. The summed E-state index contributed by atoms with van der Waals surface area (Å²) in [5.74, 6) is 0. The van der Waals surface area contributed by atoms with Crippen molar-refractivity contribution >= 4 is 0 Å². The fraction of sp³-hybridized carbons (Fsp3) is 0.538. The third-order valence-electron chi connectivity index (χ3n) is 2.87. The zero-order valence-electron chi connectivity index (χ0n) is 9.90. The molecule has 1 rings (SSSR count). The number of nitrogens with zero attached hydrogens (tertiary/aromatic N) is 1. The molecule has 0 bridgehead atoms. The summed E-state index contributed by atoms with van der Waals surface area (Å²) in [4.78, 5) is 2.10. The first-order valence-corrected chi connectivity index (χ1v) is 5.51. The van der Waals surface area contributed by atoms with Crippen molar-refractivity contribution in [3.63, 3.8) is 0 Å². The highest BCUT2D eigenvalue weighted by Crippen LogP contribution is 2.28. The summed E-state index contributed by atoms with van der Waals surface area (Å²) in [6.07, 6.45) is 1.53. The van der Waals surface area contributed by atoms with Gasteiger partial charge < -0.3 is 10.0 Å². The van der Waals surface area contributed by atoms with Crippen LogP contribution in [0.25, 0.3) is 0 Å². The number of benzene rings is 1. The van der Waals surface area contributed by atoms with Crippen molar-refractivity contribution in [2.75, 3.05) is 20.6 Å². The zero-order chi connectivity index (χ0) is 11.3.